The average Bonchev–Trinajstić information content (AvgIpc) is 3.44. The number of hydrogen-bond acceptors (Lipinski definition) is 6. The van der Waals surface area contributed by atoms with Crippen molar-refractivity contribution in [3.63, 3.8) is 0 Å². The van der Waals surface area contributed by atoms with Crippen LogP contribution in [-0.4, -0.2) is 29.6 Å². The fraction of sp³-hybridized carbons (Fsp3) is 0.208. The van der Waals surface area contributed by atoms with E-state index in [1.165, 1.54) is 29.3 Å². The van der Waals surface area contributed by atoms with Gasteiger partial charge >= 0.3 is 5.69 Å². The maximum absolute atomic E-state index is 13.6. The molecule has 0 N–H and O–H groups in total. The third-order valence-electron chi connectivity index (χ3n) is 5.82. The van der Waals surface area contributed by atoms with Crippen molar-refractivity contribution in [1.82, 2.24) is 23.7 Å². The summed E-state index contributed by atoms with van der Waals surface area (Å²) >= 11 is 1.40. The molecule has 10 heteroatoms. The molecule has 5 aromatic rings. The fourth-order valence-electron chi connectivity index (χ4n) is 3.97. The number of nitrogens with zero attached hydrogens (tertiary/aromatic N) is 6. The summed E-state index contributed by atoms with van der Waals surface area (Å²) < 4.78 is 4.76. The van der Waals surface area contributed by atoms with E-state index in [-0.39, 0.29) is 17.7 Å². The number of fused-ring (bicyclic) bond motifs is 2. The Labute approximate surface area is 198 Å². The number of aromatic nitrogens is 5. The lowest BCUT2D eigenvalue weighted by atomic mass is 10.2. The van der Waals surface area contributed by atoms with Crippen LogP contribution < -0.4 is 16.1 Å². The molecule has 0 aliphatic heterocycles. The van der Waals surface area contributed by atoms with Crippen LogP contribution in [0.1, 0.15) is 11.1 Å². The van der Waals surface area contributed by atoms with E-state index in [0.717, 1.165) is 25.9 Å². The Balaban J connectivity index is 1.60. The summed E-state index contributed by atoms with van der Waals surface area (Å²) in [5, 5.41) is 0.518. The molecule has 2 aromatic carbocycles. The molecule has 0 aliphatic carbocycles. The third-order valence-corrected chi connectivity index (χ3v) is 6.86. The van der Waals surface area contributed by atoms with E-state index in [9.17, 15) is 14.4 Å². The zero-order valence-corrected chi connectivity index (χ0v) is 19.7. The van der Waals surface area contributed by atoms with Crippen LogP contribution >= 0.6 is 11.3 Å². The van der Waals surface area contributed by atoms with E-state index in [0.29, 0.717) is 5.13 Å². The molecule has 0 saturated heterocycles. The standard InChI is InChI=1S/C24H22N6O3S/c1-15-8-7-11-17-19(15)26-23(34-17)29(12-16-9-5-4-6-10-16)18(31)13-30-22(32)20-21(25-14-27(20)2)28(3)24(30)33/h4-11,14H,12-13H2,1-3H3. The number of carbonyl (C=O) groups excluding carboxylic acids is 1. The lowest BCUT2D eigenvalue weighted by Gasteiger charge is -2.20. The van der Waals surface area contributed by atoms with Crippen molar-refractivity contribution < 1.29 is 4.79 Å². The number of thiazole rings is 1. The summed E-state index contributed by atoms with van der Waals surface area (Å²) in [4.78, 5) is 50.1. The molecule has 0 spiro atoms. The van der Waals surface area contributed by atoms with Gasteiger partial charge in [-0.05, 0) is 24.1 Å². The molecule has 3 heterocycles. The molecule has 0 saturated carbocycles. The molecule has 0 aliphatic rings. The van der Waals surface area contributed by atoms with Crippen LogP contribution in [0.15, 0.2) is 64.4 Å². The number of hydrogen-bond donors (Lipinski definition) is 0. The second-order valence-electron chi connectivity index (χ2n) is 8.14. The molecule has 0 unspecified atom stereocenters. The molecule has 34 heavy (non-hydrogen) atoms. The third kappa shape index (κ3) is 3.61. The first-order valence-corrected chi connectivity index (χ1v) is 11.5. The minimum absolute atomic E-state index is 0.264. The molecular weight excluding hydrogens is 452 g/mol. The van der Waals surface area contributed by atoms with Crippen LogP contribution in [0.5, 0.6) is 0 Å². The van der Waals surface area contributed by atoms with E-state index in [1.807, 2.05) is 55.5 Å². The highest BCUT2D eigenvalue weighted by atomic mass is 32.1. The van der Waals surface area contributed by atoms with E-state index in [2.05, 4.69) is 4.98 Å². The number of amides is 1. The summed E-state index contributed by atoms with van der Waals surface area (Å²) in [6.07, 6.45) is 1.48. The normalized spacial score (nSPS) is 11.4. The Morgan fingerprint density at radius 1 is 1.06 bits per heavy atom. The molecule has 172 valence electrons. The first-order valence-electron chi connectivity index (χ1n) is 10.7. The number of carbonyl (C=O) groups is 1. The second-order valence-corrected chi connectivity index (χ2v) is 9.15. The van der Waals surface area contributed by atoms with Gasteiger partial charge in [-0.3, -0.25) is 19.1 Å². The molecule has 0 radical (unpaired) electrons. The maximum Gasteiger partial charge on any atom is 0.332 e. The topological polar surface area (TPSA) is 95.0 Å². The second kappa shape index (κ2) is 8.38. The first-order chi connectivity index (χ1) is 16.3. The van der Waals surface area contributed by atoms with Gasteiger partial charge in [0.2, 0.25) is 5.91 Å². The van der Waals surface area contributed by atoms with Crippen molar-refractivity contribution in [2.45, 2.75) is 20.0 Å². The van der Waals surface area contributed by atoms with E-state index < -0.39 is 23.7 Å². The Kier molecular flexibility index (Phi) is 5.37. The van der Waals surface area contributed by atoms with Crippen LogP contribution in [0.2, 0.25) is 0 Å². The van der Waals surface area contributed by atoms with Crippen molar-refractivity contribution in [2.24, 2.45) is 14.1 Å². The molecule has 9 nitrogen and oxygen atoms in total. The van der Waals surface area contributed by atoms with Gasteiger partial charge in [0.15, 0.2) is 16.3 Å². The molecule has 1 amide bonds. The minimum Gasteiger partial charge on any atom is -0.328 e. The molecule has 3 aromatic heterocycles. The number of para-hydroxylation sites is 1. The SMILES string of the molecule is Cc1cccc2sc(N(Cc3ccccc3)C(=O)Cn3c(=O)c4c(ncn4C)n(C)c3=O)nc12. The number of benzene rings is 2. The first kappa shape index (κ1) is 21.8. The Morgan fingerprint density at radius 3 is 2.56 bits per heavy atom. The fourth-order valence-corrected chi connectivity index (χ4v) is 5.03. The van der Waals surface area contributed by atoms with Gasteiger partial charge in [-0.2, -0.15) is 0 Å². The van der Waals surface area contributed by atoms with Crippen LogP contribution in [0.4, 0.5) is 5.13 Å². The van der Waals surface area contributed by atoms with Crippen molar-refractivity contribution in [2.75, 3.05) is 4.90 Å². The van der Waals surface area contributed by atoms with Crippen molar-refractivity contribution in [1.29, 1.82) is 0 Å². The Morgan fingerprint density at radius 2 is 1.82 bits per heavy atom. The van der Waals surface area contributed by atoms with Crippen LogP contribution in [0.3, 0.4) is 0 Å². The minimum atomic E-state index is -0.593. The zero-order chi connectivity index (χ0) is 24.0. The van der Waals surface area contributed by atoms with Gasteiger partial charge in [-0.1, -0.05) is 53.8 Å². The largest absolute Gasteiger partial charge is 0.332 e. The number of aryl methyl sites for hydroxylation is 3. The highest BCUT2D eigenvalue weighted by Crippen LogP contribution is 2.31. The molecule has 0 fully saturated rings. The van der Waals surface area contributed by atoms with Gasteiger partial charge in [0.1, 0.15) is 6.54 Å². The number of rotatable bonds is 5. The summed E-state index contributed by atoms with van der Waals surface area (Å²) in [5.74, 6) is -0.402. The van der Waals surface area contributed by atoms with Gasteiger partial charge in [-0.25, -0.2) is 19.3 Å². The number of anilines is 1. The van der Waals surface area contributed by atoms with E-state index in [1.54, 1.807) is 16.5 Å². The van der Waals surface area contributed by atoms with Gasteiger partial charge in [0.05, 0.1) is 23.1 Å². The van der Waals surface area contributed by atoms with E-state index >= 15 is 0 Å². The van der Waals surface area contributed by atoms with Crippen LogP contribution in [-0.2, 0) is 32.0 Å². The van der Waals surface area contributed by atoms with Crippen molar-refractivity contribution in [3.8, 4) is 0 Å². The number of imidazole rings is 1. The maximum atomic E-state index is 13.6. The Bertz CT molecular complexity index is 1660. The van der Waals surface area contributed by atoms with Gasteiger partial charge < -0.3 is 4.57 Å². The molecule has 5 rings (SSSR count). The quantitative estimate of drug-likeness (QED) is 0.390. The Hall–Kier alpha value is -4.05. The smallest absolute Gasteiger partial charge is 0.328 e. The predicted octanol–water partition coefficient (Wildman–Crippen LogP) is 2.59. The van der Waals surface area contributed by atoms with Crippen LogP contribution in [0.25, 0.3) is 21.4 Å². The molecule has 0 atom stereocenters. The van der Waals surface area contributed by atoms with Crippen molar-refractivity contribution >= 4 is 43.8 Å². The summed E-state index contributed by atoms with van der Waals surface area (Å²) in [6.45, 7) is 1.83. The molecule has 0 bridgehead atoms. The summed E-state index contributed by atoms with van der Waals surface area (Å²) in [5.41, 5.74) is 2.16. The highest BCUT2D eigenvalue weighted by Gasteiger charge is 2.24. The van der Waals surface area contributed by atoms with Gasteiger partial charge in [0.25, 0.3) is 5.56 Å². The van der Waals surface area contributed by atoms with Gasteiger partial charge in [0, 0.05) is 14.1 Å². The van der Waals surface area contributed by atoms with E-state index in [4.69, 9.17) is 4.98 Å². The van der Waals surface area contributed by atoms with Crippen LogP contribution in [0, 0.1) is 6.92 Å². The summed E-state index contributed by atoms with van der Waals surface area (Å²) in [7, 11) is 3.22. The highest BCUT2D eigenvalue weighted by molar-refractivity contribution is 7.22. The average molecular weight is 475 g/mol. The monoisotopic (exact) mass is 474 g/mol. The zero-order valence-electron chi connectivity index (χ0n) is 18.9. The lowest BCUT2D eigenvalue weighted by Crippen LogP contribution is -2.44. The predicted molar refractivity (Wildman–Crippen MR) is 132 cm³/mol. The lowest BCUT2D eigenvalue weighted by molar-refractivity contribution is -0.119. The van der Waals surface area contributed by atoms with Crippen molar-refractivity contribution in [3.05, 3.63) is 86.8 Å². The van der Waals surface area contributed by atoms with Gasteiger partial charge in [-0.15, -0.1) is 0 Å². The summed E-state index contributed by atoms with van der Waals surface area (Å²) in [6, 6.07) is 15.4. The molecular formula is C24H22N6O3S.